The molecular weight excluding hydrogens is 262 g/mol. The first-order valence-electron chi connectivity index (χ1n) is 6.24. The number of benzene rings is 1. The summed E-state index contributed by atoms with van der Waals surface area (Å²) in [6.07, 6.45) is 0.892. The summed E-state index contributed by atoms with van der Waals surface area (Å²) in [7, 11) is 0. The van der Waals surface area contributed by atoms with Gasteiger partial charge in [-0.3, -0.25) is 10.1 Å². The maximum Gasteiger partial charge on any atom is 0.311 e. The minimum atomic E-state index is -0.461. The number of hydrogen-bond acceptors (Lipinski definition) is 6. The molecule has 1 heterocycles. The van der Waals surface area contributed by atoms with Gasteiger partial charge in [-0.1, -0.05) is 13.0 Å². The summed E-state index contributed by atoms with van der Waals surface area (Å²) in [6.45, 7) is 4.58. The van der Waals surface area contributed by atoms with E-state index in [9.17, 15) is 10.1 Å². The van der Waals surface area contributed by atoms with E-state index in [2.05, 4.69) is 15.5 Å². The van der Waals surface area contributed by atoms with E-state index in [1.807, 2.05) is 6.92 Å². The Morgan fingerprint density at radius 1 is 1.45 bits per heavy atom. The Labute approximate surface area is 115 Å². The van der Waals surface area contributed by atoms with E-state index >= 15 is 0 Å². The summed E-state index contributed by atoms with van der Waals surface area (Å²) in [5.74, 6) is 0.758. The van der Waals surface area contributed by atoms with Gasteiger partial charge < -0.3 is 4.74 Å². The highest BCUT2D eigenvalue weighted by Gasteiger charge is 2.16. The van der Waals surface area contributed by atoms with Crippen LogP contribution in [0.4, 0.5) is 5.69 Å². The van der Waals surface area contributed by atoms with Gasteiger partial charge >= 0.3 is 5.69 Å². The van der Waals surface area contributed by atoms with Crippen molar-refractivity contribution in [1.29, 1.82) is 0 Å². The molecule has 2 aromatic rings. The fourth-order valence-electron chi connectivity index (χ4n) is 1.75. The summed E-state index contributed by atoms with van der Waals surface area (Å²) < 4.78 is 7.10. The molecule has 1 aromatic heterocycles. The van der Waals surface area contributed by atoms with Crippen molar-refractivity contribution >= 4 is 5.69 Å². The molecule has 0 aliphatic heterocycles. The van der Waals surface area contributed by atoms with E-state index in [0.29, 0.717) is 12.4 Å². The fraction of sp³-hybridized carbons (Fsp3) is 0.417. The van der Waals surface area contributed by atoms with Crippen molar-refractivity contribution in [3.05, 3.63) is 39.7 Å². The number of nitrogens with zero attached hydrogens (tertiary/aromatic N) is 5. The van der Waals surface area contributed by atoms with E-state index in [0.717, 1.165) is 12.0 Å². The zero-order chi connectivity index (χ0) is 14.5. The molecule has 0 unspecified atom stereocenters. The van der Waals surface area contributed by atoms with Crippen LogP contribution in [0.3, 0.4) is 0 Å². The fourth-order valence-corrected chi connectivity index (χ4v) is 1.75. The molecule has 0 atom stereocenters. The number of tetrazole rings is 1. The van der Waals surface area contributed by atoms with E-state index in [-0.39, 0.29) is 18.0 Å². The molecule has 0 aliphatic rings. The molecule has 20 heavy (non-hydrogen) atoms. The molecule has 8 nitrogen and oxygen atoms in total. The molecule has 0 amide bonds. The van der Waals surface area contributed by atoms with Crippen LogP contribution >= 0.6 is 0 Å². The summed E-state index contributed by atoms with van der Waals surface area (Å²) in [6, 6.07) is 4.82. The first-order valence-corrected chi connectivity index (χ1v) is 6.24. The Kier molecular flexibility index (Phi) is 4.24. The van der Waals surface area contributed by atoms with Gasteiger partial charge in [0.1, 0.15) is 6.61 Å². The molecule has 2 rings (SSSR count). The van der Waals surface area contributed by atoms with Crippen molar-refractivity contribution in [2.75, 3.05) is 0 Å². The van der Waals surface area contributed by atoms with Crippen LogP contribution in [-0.2, 0) is 13.2 Å². The number of hydrogen-bond donors (Lipinski definition) is 0. The zero-order valence-electron chi connectivity index (χ0n) is 11.3. The van der Waals surface area contributed by atoms with Gasteiger partial charge in [0.15, 0.2) is 11.6 Å². The number of ether oxygens (including phenoxy) is 1. The van der Waals surface area contributed by atoms with Crippen LogP contribution in [0.1, 0.15) is 24.7 Å². The quantitative estimate of drug-likeness (QED) is 0.590. The van der Waals surface area contributed by atoms with Gasteiger partial charge in [-0.2, -0.15) is 0 Å². The highest BCUT2D eigenvalue weighted by atomic mass is 16.6. The topological polar surface area (TPSA) is 96.0 Å². The number of rotatable bonds is 6. The minimum Gasteiger partial charge on any atom is -0.479 e. The van der Waals surface area contributed by atoms with Gasteiger partial charge in [-0.25, -0.2) is 4.68 Å². The molecule has 1 aromatic carbocycles. The van der Waals surface area contributed by atoms with Crippen molar-refractivity contribution < 1.29 is 9.66 Å². The van der Waals surface area contributed by atoms with E-state index in [1.54, 1.807) is 23.7 Å². The normalized spacial score (nSPS) is 10.5. The summed E-state index contributed by atoms with van der Waals surface area (Å²) in [4.78, 5) is 10.5. The average molecular weight is 277 g/mol. The van der Waals surface area contributed by atoms with E-state index < -0.39 is 4.92 Å². The number of aromatic nitrogens is 4. The molecule has 0 saturated heterocycles. The minimum absolute atomic E-state index is 0.0560. The number of nitro benzene ring substituents is 1. The molecule has 0 spiro atoms. The molecule has 0 aliphatic carbocycles. The SMILES string of the molecule is CCCn1nnnc1COc1ccc(C)cc1[N+](=O)[O-]. The predicted octanol–water partition coefficient (Wildman–Crippen LogP) is 1.88. The number of aryl methyl sites for hydroxylation is 2. The van der Waals surface area contributed by atoms with Crippen molar-refractivity contribution in [1.82, 2.24) is 20.2 Å². The first kappa shape index (κ1) is 13.9. The number of nitro groups is 1. The maximum atomic E-state index is 11.0. The van der Waals surface area contributed by atoms with E-state index in [4.69, 9.17) is 4.74 Å². The van der Waals surface area contributed by atoms with Crippen molar-refractivity contribution in [2.45, 2.75) is 33.4 Å². The van der Waals surface area contributed by atoms with E-state index in [1.165, 1.54) is 6.07 Å². The molecule has 8 heteroatoms. The van der Waals surface area contributed by atoms with Crippen molar-refractivity contribution in [2.24, 2.45) is 0 Å². The Balaban J connectivity index is 2.14. The van der Waals surface area contributed by atoms with Crippen LogP contribution in [-0.4, -0.2) is 25.1 Å². The smallest absolute Gasteiger partial charge is 0.311 e. The molecule has 0 N–H and O–H groups in total. The summed E-state index contributed by atoms with van der Waals surface area (Å²) in [5.41, 5.74) is 0.749. The van der Waals surface area contributed by atoms with Gasteiger partial charge in [0.2, 0.25) is 0 Å². The lowest BCUT2D eigenvalue weighted by molar-refractivity contribution is -0.386. The second-order valence-corrected chi connectivity index (χ2v) is 4.34. The average Bonchev–Trinajstić information content (AvgIpc) is 2.85. The Hall–Kier alpha value is -2.51. The molecule has 106 valence electrons. The van der Waals surface area contributed by atoms with Gasteiger partial charge in [-0.05, 0) is 35.4 Å². The Bertz CT molecular complexity index is 611. The Morgan fingerprint density at radius 3 is 2.95 bits per heavy atom. The zero-order valence-corrected chi connectivity index (χ0v) is 11.3. The summed E-state index contributed by atoms with van der Waals surface area (Å²) >= 11 is 0. The van der Waals surface area contributed by atoms with Crippen molar-refractivity contribution in [3.63, 3.8) is 0 Å². The molecule has 0 saturated carbocycles. The third kappa shape index (κ3) is 3.08. The second-order valence-electron chi connectivity index (χ2n) is 4.34. The van der Waals surface area contributed by atoms with Gasteiger partial charge in [0.25, 0.3) is 0 Å². The lowest BCUT2D eigenvalue weighted by Crippen LogP contribution is -2.09. The molecule has 0 fully saturated rings. The lowest BCUT2D eigenvalue weighted by Gasteiger charge is -2.07. The first-order chi connectivity index (χ1) is 9.61. The monoisotopic (exact) mass is 277 g/mol. The standard InChI is InChI=1S/C12H15N5O3/c1-3-6-16-12(13-14-15-16)8-20-11-5-4-9(2)7-10(11)17(18)19/h4-5,7H,3,6,8H2,1-2H3. The summed E-state index contributed by atoms with van der Waals surface area (Å²) in [5, 5.41) is 22.2. The van der Waals surface area contributed by atoms with Crippen LogP contribution < -0.4 is 4.74 Å². The second kappa shape index (κ2) is 6.09. The largest absolute Gasteiger partial charge is 0.479 e. The third-order valence-corrected chi connectivity index (χ3v) is 2.71. The van der Waals surface area contributed by atoms with Gasteiger partial charge in [-0.15, -0.1) is 5.10 Å². The Morgan fingerprint density at radius 2 is 2.25 bits per heavy atom. The molecular formula is C12H15N5O3. The predicted molar refractivity (Wildman–Crippen MR) is 70.3 cm³/mol. The van der Waals surface area contributed by atoms with Crippen LogP contribution in [0.25, 0.3) is 0 Å². The maximum absolute atomic E-state index is 11.0. The van der Waals surface area contributed by atoms with Crippen LogP contribution in [0.15, 0.2) is 18.2 Å². The molecule has 0 bridgehead atoms. The highest BCUT2D eigenvalue weighted by Crippen LogP contribution is 2.28. The third-order valence-electron chi connectivity index (χ3n) is 2.71. The van der Waals surface area contributed by atoms with Crippen LogP contribution in [0.5, 0.6) is 5.75 Å². The highest BCUT2D eigenvalue weighted by molar-refractivity contribution is 5.48. The van der Waals surface area contributed by atoms with Crippen LogP contribution in [0.2, 0.25) is 0 Å². The van der Waals surface area contributed by atoms with Gasteiger partial charge in [0, 0.05) is 12.6 Å². The van der Waals surface area contributed by atoms with Gasteiger partial charge in [0.05, 0.1) is 4.92 Å². The lowest BCUT2D eigenvalue weighted by atomic mass is 10.2. The van der Waals surface area contributed by atoms with Crippen molar-refractivity contribution in [3.8, 4) is 5.75 Å². The molecule has 0 radical (unpaired) electrons. The van der Waals surface area contributed by atoms with Crippen LogP contribution in [0, 0.1) is 17.0 Å².